The zero-order chi connectivity index (χ0) is 20.8. The van der Waals surface area contributed by atoms with Crippen LogP contribution in [0.4, 0.5) is 0 Å². The number of halogens is 1. The number of ether oxygens (including phenoxy) is 2. The van der Waals surface area contributed by atoms with Crippen molar-refractivity contribution in [2.75, 3.05) is 40.4 Å². The molecule has 0 aliphatic carbocycles. The van der Waals surface area contributed by atoms with Gasteiger partial charge in [0.25, 0.3) is 0 Å². The molecule has 0 atom stereocenters. The molecule has 3 aromatic rings. The average Bonchev–Trinajstić information content (AvgIpc) is 2.76. The third kappa shape index (κ3) is 4.92. The molecular formula is C23H28ClN2O3+. The van der Waals surface area contributed by atoms with E-state index in [1.54, 1.807) is 14.2 Å². The standard InChI is InChI=1S/C23H27ClN2O3/c1-5-26(6-2)12-11-25-19-15-22(29-20-10-8-17(24)14-18(19)20)16-7-9-21(27-3)23(13-16)28-4/h7-10,13-15H,5-6,11-12H2,1-4H3/p+1. The summed E-state index contributed by atoms with van der Waals surface area (Å²) in [6.07, 6.45) is 0. The van der Waals surface area contributed by atoms with E-state index in [0.717, 1.165) is 53.8 Å². The van der Waals surface area contributed by atoms with Gasteiger partial charge in [0.05, 0.1) is 32.2 Å². The number of rotatable bonds is 8. The van der Waals surface area contributed by atoms with Gasteiger partial charge in [-0.2, -0.15) is 0 Å². The molecule has 3 rings (SSSR count). The first-order valence-electron chi connectivity index (χ1n) is 9.84. The summed E-state index contributed by atoms with van der Waals surface area (Å²) in [6, 6.07) is 13.4. The van der Waals surface area contributed by atoms with Gasteiger partial charge >= 0.3 is 0 Å². The summed E-state index contributed by atoms with van der Waals surface area (Å²) in [5, 5.41) is 2.63. The smallest absolute Gasteiger partial charge is 0.213 e. The lowest BCUT2D eigenvalue weighted by molar-refractivity contribution is -0.499. The summed E-state index contributed by atoms with van der Waals surface area (Å²) >= 11 is 6.24. The highest BCUT2D eigenvalue weighted by Gasteiger charge is 2.12. The number of fused-ring (bicyclic) bond motifs is 1. The van der Waals surface area contributed by atoms with Crippen LogP contribution in [0.25, 0.3) is 22.3 Å². The molecule has 2 aromatic carbocycles. The van der Waals surface area contributed by atoms with Gasteiger partial charge in [0.2, 0.25) is 5.36 Å². The number of likely N-dealkylation sites (N-methyl/N-ethyl adjacent to an activating group) is 1. The molecule has 0 aliphatic heterocycles. The van der Waals surface area contributed by atoms with Crippen molar-refractivity contribution in [3.05, 3.63) is 52.8 Å². The Balaban J connectivity index is 2.09. The fourth-order valence-corrected chi connectivity index (χ4v) is 3.50. The van der Waals surface area contributed by atoms with E-state index in [9.17, 15) is 0 Å². The SMILES string of the molecule is CCN(CC)CC[NH+]=c1cc(-c2ccc(OC)c(OC)c2)oc2ccc(Cl)cc12. The summed E-state index contributed by atoms with van der Waals surface area (Å²) in [7, 11) is 3.25. The van der Waals surface area contributed by atoms with Crippen LogP contribution in [0.2, 0.25) is 5.02 Å². The molecule has 0 unspecified atom stereocenters. The van der Waals surface area contributed by atoms with Crippen LogP contribution in [-0.4, -0.2) is 45.3 Å². The number of hydrogen-bond donors (Lipinski definition) is 1. The Hall–Kier alpha value is -2.50. The van der Waals surface area contributed by atoms with Gasteiger partial charge in [-0.1, -0.05) is 25.4 Å². The van der Waals surface area contributed by atoms with E-state index >= 15 is 0 Å². The molecule has 0 bridgehead atoms. The van der Waals surface area contributed by atoms with E-state index in [0.29, 0.717) is 16.5 Å². The zero-order valence-electron chi connectivity index (χ0n) is 17.4. The van der Waals surface area contributed by atoms with Crippen LogP contribution < -0.4 is 19.8 Å². The van der Waals surface area contributed by atoms with E-state index in [-0.39, 0.29) is 0 Å². The fraction of sp³-hybridized carbons (Fsp3) is 0.348. The van der Waals surface area contributed by atoms with Crippen LogP contribution in [0.1, 0.15) is 13.8 Å². The Bertz CT molecular complexity index is 1040. The molecule has 0 radical (unpaired) electrons. The lowest BCUT2D eigenvalue weighted by atomic mass is 10.1. The predicted molar refractivity (Wildman–Crippen MR) is 117 cm³/mol. The van der Waals surface area contributed by atoms with Gasteiger partial charge in [0.15, 0.2) is 18.0 Å². The summed E-state index contributed by atoms with van der Waals surface area (Å²) in [5.41, 5.74) is 1.68. The Morgan fingerprint density at radius 1 is 0.966 bits per heavy atom. The second-order valence-electron chi connectivity index (χ2n) is 6.69. The zero-order valence-corrected chi connectivity index (χ0v) is 18.2. The number of nitrogens with one attached hydrogen (secondary N) is 1. The van der Waals surface area contributed by atoms with Gasteiger partial charge in [-0.25, -0.2) is 4.99 Å². The van der Waals surface area contributed by atoms with Crippen molar-refractivity contribution in [1.82, 2.24) is 4.90 Å². The highest BCUT2D eigenvalue weighted by Crippen LogP contribution is 2.32. The first-order chi connectivity index (χ1) is 14.1. The normalized spacial score (nSPS) is 12.0. The van der Waals surface area contributed by atoms with Crippen LogP contribution in [-0.2, 0) is 0 Å². The van der Waals surface area contributed by atoms with E-state index in [2.05, 4.69) is 23.7 Å². The van der Waals surface area contributed by atoms with Crippen molar-refractivity contribution < 1.29 is 18.9 Å². The topological polar surface area (TPSA) is 48.8 Å². The minimum Gasteiger partial charge on any atom is -0.493 e. The van der Waals surface area contributed by atoms with Crippen molar-refractivity contribution in [3.63, 3.8) is 0 Å². The van der Waals surface area contributed by atoms with Crippen molar-refractivity contribution in [3.8, 4) is 22.8 Å². The van der Waals surface area contributed by atoms with Crippen LogP contribution in [0.15, 0.2) is 46.9 Å². The lowest BCUT2D eigenvalue weighted by Crippen LogP contribution is -2.78. The maximum atomic E-state index is 6.24. The average molecular weight is 416 g/mol. The van der Waals surface area contributed by atoms with E-state index < -0.39 is 0 Å². The van der Waals surface area contributed by atoms with Crippen molar-refractivity contribution in [1.29, 1.82) is 0 Å². The Labute approximate surface area is 176 Å². The van der Waals surface area contributed by atoms with Crippen molar-refractivity contribution in [2.24, 2.45) is 0 Å². The van der Waals surface area contributed by atoms with Gasteiger partial charge < -0.3 is 13.9 Å². The molecule has 154 valence electrons. The van der Waals surface area contributed by atoms with Gasteiger partial charge in [0, 0.05) is 10.6 Å². The molecule has 1 aromatic heterocycles. The Morgan fingerprint density at radius 2 is 1.72 bits per heavy atom. The van der Waals surface area contributed by atoms with E-state index in [1.807, 2.05) is 42.5 Å². The Morgan fingerprint density at radius 3 is 2.41 bits per heavy atom. The van der Waals surface area contributed by atoms with Gasteiger partial charge in [0.1, 0.15) is 11.3 Å². The first-order valence-corrected chi connectivity index (χ1v) is 10.2. The number of hydrogen-bond acceptors (Lipinski definition) is 4. The van der Waals surface area contributed by atoms with Crippen LogP contribution in [0.5, 0.6) is 11.5 Å². The minimum absolute atomic E-state index is 0.660. The third-order valence-corrected chi connectivity index (χ3v) is 5.27. The number of benzene rings is 2. The second kappa shape index (κ2) is 9.81. The van der Waals surface area contributed by atoms with Gasteiger partial charge in [-0.15, -0.1) is 0 Å². The molecule has 0 amide bonds. The van der Waals surface area contributed by atoms with Gasteiger partial charge in [-0.3, -0.25) is 4.90 Å². The minimum atomic E-state index is 0.660. The van der Waals surface area contributed by atoms with Crippen LogP contribution in [0.3, 0.4) is 0 Å². The monoisotopic (exact) mass is 415 g/mol. The molecule has 0 saturated carbocycles. The maximum Gasteiger partial charge on any atom is 0.213 e. The van der Waals surface area contributed by atoms with E-state index in [4.69, 9.17) is 25.5 Å². The molecule has 6 heteroatoms. The van der Waals surface area contributed by atoms with Crippen molar-refractivity contribution in [2.45, 2.75) is 13.8 Å². The highest BCUT2D eigenvalue weighted by atomic mass is 35.5. The molecule has 0 aliphatic rings. The Kier molecular flexibility index (Phi) is 7.18. The number of methoxy groups -OCH3 is 2. The first kappa shape index (κ1) is 21.2. The fourth-order valence-electron chi connectivity index (χ4n) is 3.32. The largest absolute Gasteiger partial charge is 0.493 e. The predicted octanol–water partition coefficient (Wildman–Crippen LogP) is 3.09. The van der Waals surface area contributed by atoms with Crippen LogP contribution >= 0.6 is 11.6 Å². The molecule has 1 heterocycles. The molecule has 5 nitrogen and oxygen atoms in total. The number of nitrogens with zero attached hydrogens (tertiary/aromatic N) is 1. The van der Waals surface area contributed by atoms with E-state index in [1.165, 1.54) is 0 Å². The summed E-state index contributed by atoms with van der Waals surface area (Å²) in [4.78, 5) is 5.94. The maximum absolute atomic E-state index is 6.24. The van der Waals surface area contributed by atoms with Gasteiger partial charge in [-0.05, 0) is 49.5 Å². The lowest BCUT2D eigenvalue weighted by Gasteiger charge is -2.14. The molecule has 1 N–H and O–H groups in total. The molecule has 0 spiro atoms. The molecule has 0 saturated heterocycles. The molecule has 0 fully saturated rings. The van der Waals surface area contributed by atoms with Crippen molar-refractivity contribution >= 4 is 22.6 Å². The quantitative estimate of drug-likeness (QED) is 0.614. The summed E-state index contributed by atoms with van der Waals surface area (Å²) in [5.74, 6) is 2.08. The van der Waals surface area contributed by atoms with Crippen LogP contribution in [0, 0.1) is 0 Å². The summed E-state index contributed by atoms with van der Waals surface area (Å²) in [6.45, 7) is 8.22. The molecular weight excluding hydrogens is 388 g/mol. The molecule has 29 heavy (non-hydrogen) atoms. The summed E-state index contributed by atoms with van der Waals surface area (Å²) < 4.78 is 17.0. The third-order valence-electron chi connectivity index (χ3n) is 5.03. The second-order valence-corrected chi connectivity index (χ2v) is 7.12. The highest BCUT2D eigenvalue weighted by molar-refractivity contribution is 6.31.